The Kier molecular flexibility index (Phi) is 20.2. The summed E-state index contributed by atoms with van der Waals surface area (Å²) in [6.45, 7) is 18.4. The van der Waals surface area contributed by atoms with Crippen LogP contribution in [-0.2, 0) is 38.1 Å². The Balaban J connectivity index is -0.000000163. The molecule has 0 saturated carbocycles. The van der Waals surface area contributed by atoms with Gasteiger partial charge < -0.3 is 4.90 Å². The molecule has 1 radical (unpaired) electrons. The standard InChI is InChI=1S/C13H20.C7H15N.3CH4.Y/c1-10(2)11-6-8-12(9-7-11)13(3,4)5;1-7(2)8-5-3-4-6-8;;;;/h6-10H,1-5H3;7H,3-6H2,1-2H3;3*1H4;. The average molecular weight is 427 g/mol. The van der Waals surface area contributed by atoms with Gasteiger partial charge in [0.15, 0.2) is 0 Å². The molecule has 0 spiro atoms. The van der Waals surface area contributed by atoms with Gasteiger partial charge in [0.25, 0.3) is 0 Å². The molecule has 2 heteroatoms. The van der Waals surface area contributed by atoms with Gasteiger partial charge in [-0.25, -0.2) is 0 Å². The Labute approximate surface area is 186 Å². The van der Waals surface area contributed by atoms with Crippen LogP contribution in [0.4, 0.5) is 0 Å². The molecule has 1 heterocycles. The fourth-order valence-electron chi connectivity index (χ4n) is 2.63. The van der Waals surface area contributed by atoms with Gasteiger partial charge in [-0.3, -0.25) is 0 Å². The van der Waals surface area contributed by atoms with Gasteiger partial charge in [0.2, 0.25) is 0 Å². The van der Waals surface area contributed by atoms with Crippen molar-refractivity contribution in [1.29, 1.82) is 0 Å². The van der Waals surface area contributed by atoms with Crippen LogP contribution in [0.1, 0.15) is 101 Å². The van der Waals surface area contributed by atoms with E-state index in [4.69, 9.17) is 0 Å². The number of benzene rings is 1. The van der Waals surface area contributed by atoms with Crippen molar-refractivity contribution in [3.63, 3.8) is 0 Å². The van der Waals surface area contributed by atoms with Crippen molar-refractivity contribution in [3.05, 3.63) is 35.4 Å². The third-order valence-corrected chi connectivity index (χ3v) is 4.31. The van der Waals surface area contributed by atoms with Gasteiger partial charge in [-0.1, -0.05) is 81.2 Å². The van der Waals surface area contributed by atoms with Gasteiger partial charge in [0, 0.05) is 38.8 Å². The monoisotopic (exact) mass is 426 g/mol. The predicted octanol–water partition coefficient (Wildman–Crippen LogP) is 7.50. The van der Waals surface area contributed by atoms with Gasteiger partial charge >= 0.3 is 0 Å². The molecule has 1 aliphatic heterocycles. The number of nitrogens with zero attached hydrogens (tertiary/aromatic N) is 1. The van der Waals surface area contributed by atoms with Crippen molar-refractivity contribution in [2.75, 3.05) is 13.1 Å². The molecule has 0 N–H and O–H groups in total. The molecular weight excluding hydrogens is 379 g/mol. The molecule has 0 aromatic heterocycles. The predicted molar refractivity (Wildman–Crippen MR) is 115 cm³/mol. The molecular formula is C23H47NY. The Hall–Kier alpha value is 0.284. The van der Waals surface area contributed by atoms with E-state index in [0.29, 0.717) is 5.92 Å². The molecule has 1 nitrogen and oxygen atoms in total. The van der Waals surface area contributed by atoms with E-state index in [-0.39, 0.29) is 60.4 Å². The van der Waals surface area contributed by atoms with Crippen LogP contribution in [0.15, 0.2) is 24.3 Å². The quantitative estimate of drug-likeness (QED) is 0.473. The van der Waals surface area contributed by atoms with Gasteiger partial charge in [0.05, 0.1) is 0 Å². The summed E-state index contributed by atoms with van der Waals surface area (Å²) in [5.41, 5.74) is 3.11. The Morgan fingerprint density at radius 2 is 1.20 bits per heavy atom. The summed E-state index contributed by atoms with van der Waals surface area (Å²) in [6, 6.07) is 9.75. The summed E-state index contributed by atoms with van der Waals surface area (Å²) in [4.78, 5) is 2.53. The minimum absolute atomic E-state index is 0. The van der Waals surface area contributed by atoms with Gasteiger partial charge in [0.1, 0.15) is 0 Å². The zero-order valence-corrected chi connectivity index (χ0v) is 18.7. The van der Waals surface area contributed by atoms with Gasteiger partial charge in [-0.05, 0) is 62.2 Å². The largest absolute Gasteiger partial charge is 0.301 e. The van der Waals surface area contributed by atoms with Crippen LogP contribution in [0, 0.1) is 0 Å². The number of hydrogen-bond acceptors (Lipinski definition) is 1. The first-order valence-corrected chi connectivity index (χ1v) is 8.56. The average Bonchev–Trinajstić information content (AvgIpc) is 2.92. The summed E-state index contributed by atoms with van der Waals surface area (Å²) in [7, 11) is 0. The fourth-order valence-corrected chi connectivity index (χ4v) is 2.63. The molecule has 1 aliphatic rings. The van der Waals surface area contributed by atoms with Crippen molar-refractivity contribution >= 4 is 0 Å². The second-order valence-corrected chi connectivity index (χ2v) is 7.86. The summed E-state index contributed by atoms with van der Waals surface area (Å²) in [5.74, 6) is 0.633. The maximum atomic E-state index is 2.53. The SMILES string of the molecule is C.C.C.CC(C)N1CCCC1.CC(C)c1ccc(C(C)(C)C)cc1.[Y]. The first-order chi connectivity index (χ1) is 9.71. The van der Waals surface area contributed by atoms with E-state index in [0.717, 1.165) is 6.04 Å². The van der Waals surface area contributed by atoms with Crippen LogP contribution in [0.25, 0.3) is 0 Å². The first kappa shape index (κ1) is 32.9. The maximum absolute atomic E-state index is 2.53. The Bertz CT molecular complexity index is 395. The third kappa shape index (κ3) is 12.3. The first-order valence-electron chi connectivity index (χ1n) is 8.56. The van der Waals surface area contributed by atoms with E-state index in [2.05, 4.69) is 77.6 Å². The molecule has 147 valence electrons. The van der Waals surface area contributed by atoms with Crippen LogP contribution in [0.5, 0.6) is 0 Å². The molecule has 25 heavy (non-hydrogen) atoms. The van der Waals surface area contributed by atoms with Crippen LogP contribution in [0.3, 0.4) is 0 Å². The number of hydrogen-bond donors (Lipinski definition) is 0. The van der Waals surface area contributed by atoms with Gasteiger partial charge in [-0.15, -0.1) is 0 Å². The normalized spacial score (nSPS) is 13.6. The topological polar surface area (TPSA) is 3.24 Å². The summed E-state index contributed by atoms with van der Waals surface area (Å²) >= 11 is 0. The molecule has 0 atom stereocenters. The number of likely N-dealkylation sites (tertiary alicyclic amines) is 1. The van der Waals surface area contributed by atoms with Crippen molar-refractivity contribution in [2.45, 2.75) is 101 Å². The van der Waals surface area contributed by atoms with Crippen molar-refractivity contribution in [1.82, 2.24) is 4.90 Å². The van der Waals surface area contributed by atoms with Crippen molar-refractivity contribution < 1.29 is 32.7 Å². The Morgan fingerprint density at radius 3 is 1.44 bits per heavy atom. The molecule has 0 aliphatic carbocycles. The van der Waals surface area contributed by atoms with E-state index in [9.17, 15) is 0 Å². The van der Waals surface area contributed by atoms with Crippen LogP contribution in [-0.4, -0.2) is 24.0 Å². The van der Waals surface area contributed by atoms with E-state index in [1.165, 1.54) is 37.1 Å². The molecule has 0 bridgehead atoms. The molecule has 1 aromatic rings. The van der Waals surface area contributed by atoms with Crippen LogP contribution in [0.2, 0.25) is 0 Å². The molecule has 0 unspecified atom stereocenters. The van der Waals surface area contributed by atoms with Gasteiger partial charge in [-0.2, -0.15) is 0 Å². The minimum atomic E-state index is 0. The van der Waals surface area contributed by atoms with E-state index in [1.807, 2.05) is 0 Å². The molecule has 2 rings (SSSR count). The van der Waals surface area contributed by atoms with Crippen LogP contribution >= 0.6 is 0 Å². The fraction of sp³-hybridized carbons (Fsp3) is 0.739. The summed E-state index contributed by atoms with van der Waals surface area (Å²) < 4.78 is 0. The van der Waals surface area contributed by atoms with E-state index >= 15 is 0 Å². The molecule has 1 aromatic carbocycles. The summed E-state index contributed by atoms with van der Waals surface area (Å²) in [5, 5.41) is 0. The van der Waals surface area contributed by atoms with E-state index < -0.39 is 0 Å². The molecule has 1 saturated heterocycles. The maximum Gasteiger partial charge on any atom is 0.00385 e. The van der Waals surface area contributed by atoms with Crippen molar-refractivity contribution in [3.8, 4) is 0 Å². The van der Waals surface area contributed by atoms with Crippen LogP contribution < -0.4 is 0 Å². The second kappa shape index (κ2) is 15.4. The molecule has 0 amide bonds. The second-order valence-electron chi connectivity index (χ2n) is 7.86. The zero-order chi connectivity index (χ0) is 16.0. The van der Waals surface area contributed by atoms with Crippen molar-refractivity contribution in [2.24, 2.45) is 0 Å². The smallest absolute Gasteiger partial charge is 0.00385 e. The molecule has 1 fully saturated rings. The third-order valence-electron chi connectivity index (χ3n) is 4.31. The zero-order valence-electron chi connectivity index (χ0n) is 15.8. The minimum Gasteiger partial charge on any atom is -0.301 e. The summed E-state index contributed by atoms with van der Waals surface area (Å²) in [6.07, 6.45) is 2.83. The van der Waals surface area contributed by atoms with E-state index in [1.54, 1.807) is 0 Å². The Morgan fingerprint density at radius 1 is 0.800 bits per heavy atom. The number of rotatable bonds is 2.